The van der Waals surface area contributed by atoms with Crippen molar-refractivity contribution in [2.75, 3.05) is 0 Å². The average molecular weight is 257 g/mol. The van der Waals surface area contributed by atoms with Crippen molar-refractivity contribution >= 4 is 5.97 Å². The molecule has 11 heavy (non-hydrogen) atoms. The normalized spacial score (nSPS) is 5.36. The summed E-state index contributed by atoms with van der Waals surface area (Å²) in [4.78, 5) is 9.59. The Balaban J connectivity index is -0.0000000222. The van der Waals surface area contributed by atoms with Crippen molar-refractivity contribution in [3.63, 3.8) is 0 Å². The maximum absolute atomic E-state index is 9.59. The van der Waals surface area contributed by atoms with Crippen LogP contribution in [0.5, 0.6) is 0 Å². The number of rotatable bonds is 1. The molecule has 4 nitrogen and oxygen atoms in total. The molecule has 0 unspecified atom stereocenters. The van der Waals surface area contributed by atoms with E-state index in [1.54, 1.807) is 13.8 Å². The Hall–Kier alpha value is -0.130. The van der Waals surface area contributed by atoms with Crippen LogP contribution in [-0.4, -0.2) is 5.97 Å². The molecular weight excluding hydrogens is 240 g/mol. The van der Waals surface area contributed by atoms with E-state index in [0.717, 1.165) is 0 Å². The molecule has 0 aromatic heterocycles. The van der Waals surface area contributed by atoms with E-state index in [0.29, 0.717) is 0 Å². The SMILES string of the molecule is C=C.CC(C)C(=O)[O-].N.N.[Ag+]. The van der Waals surface area contributed by atoms with Gasteiger partial charge in [0.2, 0.25) is 0 Å². The zero-order chi connectivity index (χ0) is 7.15. The maximum Gasteiger partial charge on any atom is 1.00 e. The molecule has 0 fully saturated rings. The molecule has 0 radical (unpaired) electrons. The summed E-state index contributed by atoms with van der Waals surface area (Å²) in [6, 6.07) is 0. The molecule has 0 bridgehead atoms. The minimum atomic E-state index is -0.991. The first-order valence-electron chi connectivity index (χ1n) is 2.35. The average Bonchev–Trinajstić information content (AvgIpc) is 1.72. The Kier molecular flexibility index (Phi) is 63.0. The van der Waals surface area contributed by atoms with Crippen molar-refractivity contribution in [1.82, 2.24) is 12.3 Å². The number of hydrogen-bond acceptors (Lipinski definition) is 4. The molecule has 0 aromatic rings. The van der Waals surface area contributed by atoms with E-state index in [-0.39, 0.29) is 40.6 Å². The molecule has 0 aliphatic carbocycles. The van der Waals surface area contributed by atoms with Crippen LogP contribution < -0.4 is 17.4 Å². The largest absolute Gasteiger partial charge is 1.00 e. The van der Waals surface area contributed by atoms with E-state index in [1.807, 2.05) is 0 Å². The monoisotopic (exact) mass is 256 g/mol. The molecule has 74 valence electrons. The number of carbonyl (C=O) groups excluding carboxylic acids is 1. The van der Waals surface area contributed by atoms with Crippen molar-refractivity contribution in [3.05, 3.63) is 13.2 Å². The van der Waals surface area contributed by atoms with E-state index >= 15 is 0 Å². The van der Waals surface area contributed by atoms with Crippen LogP contribution in [0.1, 0.15) is 13.8 Å². The molecule has 0 amide bonds. The first-order chi connectivity index (χ1) is 3.64. The molecule has 5 heteroatoms. The van der Waals surface area contributed by atoms with Gasteiger partial charge in [0.15, 0.2) is 0 Å². The molecule has 0 aliphatic rings. The molecule has 0 spiro atoms. The van der Waals surface area contributed by atoms with Gasteiger partial charge in [0.05, 0.1) is 0 Å². The quantitative estimate of drug-likeness (QED) is 0.526. The maximum atomic E-state index is 9.59. The van der Waals surface area contributed by atoms with E-state index < -0.39 is 5.97 Å². The number of carboxylic acid groups (broad SMARTS) is 1. The van der Waals surface area contributed by atoms with Gasteiger partial charge in [0, 0.05) is 5.97 Å². The second kappa shape index (κ2) is 22.5. The number of carbonyl (C=O) groups is 1. The van der Waals surface area contributed by atoms with Crippen molar-refractivity contribution < 1.29 is 32.3 Å². The molecule has 0 saturated carbocycles. The smallest absolute Gasteiger partial charge is 0.550 e. The second-order valence-electron chi connectivity index (χ2n) is 1.47. The first-order valence-corrected chi connectivity index (χ1v) is 2.35. The summed E-state index contributed by atoms with van der Waals surface area (Å²) in [6.45, 7) is 9.16. The van der Waals surface area contributed by atoms with Crippen molar-refractivity contribution in [2.45, 2.75) is 13.8 Å². The Morgan fingerprint density at radius 2 is 1.36 bits per heavy atom. The minimum Gasteiger partial charge on any atom is -0.550 e. The number of aliphatic carboxylic acids is 1. The van der Waals surface area contributed by atoms with Gasteiger partial charge in [-0.3, -0.25) is 0 Å². The zero-order valence-electron chi connectivity index (χ0n) is 7.02. The van der Waals surface area contributed by atoms with Gasteiger partial charge < -0.3 is 22.2 Å². The van der Waals surface area contributed by atoms with Crippen molar-refractivity contribution in [3.8, 4) is 0 Å². The zero-order valence-corrected chi connectivity index (χ0v) is 8.51. The van der Waals surface area contributed by atoms with Crippen molar-refractivity contribution in [2.24, 2.45) is 5.92 Å². The Labute approximate surface area is 83.7 Å². The summed E-state index contributed by atoms with van der Waals surface area (Å²) in [5.74, 6) is -1.33. The van der Waals surface area contributed by atoms with Crippen LogP contribution in [0.4, 0.5) is 0 Å². The third-order valence-electron chi connectivity index (χ3n) is 0.471. The standard InChI is InChI=1S/C4H8O2.C2H4.Ag.2H3N/c1-3(2)4(5)6;1-2;;;/h3H,1-2H3,(H,5,6);1-2H2;;2*1H3/q;;+1;;/p-1. The van der Waals surface area contributed by atoms with E-state index in [4.69, 9.17) is 0 Å². The predicted octanol–water partition coefficient (Wildman–Crippen LogP) is 0.516. The molecule has 0 rings (SSSR count). The number of hydrogen-bond donors (Lipinski definition) is 2. The van der Waals surface area contributed by atoms with Gasteiger partial charge in [-0.1, -0.05) is 13.8 Å². The van der Waals surface area contributed by atoms with Crippen molar-refractivity contribution in [1.29, 1.82) is 0 Å². The molecule has 0 aromatic carbocycles. The van der Waals surface area contributed by atoms with E-state index in [1.165, 1.54) is 0 Å². The summed E-state index contributed by atoms with van der Waals surface area (Å²) in [6.07, 6.45) is 0. The van der Waals surface area contributed by atoms with Gasteiger partial charge in [-0.25, -0.2) is 0 Å². The molecule has 0 heterocycles. The predicted molar refractivity (Wildman–Crippen MR) is 41.1 cm³/mol. The van der Waals surface area contributed by atoms with Gasteiger partial charge in [-0.05, 0) is 5.92 Å². The minimum absolute atomic E-state index is 0. The van der Waals surface area contributed by atoms with Gasteiger partial charge >= 0.3 is 22.4 Å². The first kappa shape index (κ1) is 30.7. The van der Waals surface area contributed by atoms with Gasteiger partial charge in [0.25, 0.3) is 0 Å². The van der Waals surface area contributed by atoms with Crippen LogP contribution in [0, 0.1) is 5.92 Å². The summed E-state index contributed by atoms with van der Waals surface area (Å²) < 4.78 is 0. The topological polar surface area (TPSA) is 110 Å². The van der Waals surface area contributed by atoms with Crippen LogP contribution in [0.15, 0.2) is 13.2 Å². The molecule has 0 atom stereocenters. The Bertz CT molecular complexity index is 79.0. The summed E-state index contributed by atoms with van der Waals surface area (Å²) in [5, 5.41) is 9.59. The second-order valence-corrected chi connectivity index (χ2v) is 1.47. The summed E-state index contributed by atoms with van der Waals surface area (Å²) >= 11 is 0. The van der Waals surface area contributed by atoms with Crippen LogP contribution >= 0.6 is 0 Å². The third kappa shape index (κ3) is 40.8. The van der Waals surface area contributed by atoms with Crippen LogP contribution in [0.3, 0.4) is 0 Å². The summed E-state index contributed by atoms with van der Waals surface area (Å²) in [5.41, 5.74) is 0. The fraction of sp³-hybridized carbons (Fsp3) is 0.500. The van der Waals surface area contributed by atoms with Gasteiger partial charge in [-0.2, -0.15) is 0 Å². The molecule has 0 aliphatic heterocycles. The van der Waals surface area contributed by atoms with Crippen LogP contribution in [0.25, 0.3) is 0 Å². The fourth-order valence-corrected chi connectivity index (χ4v) is 0. The molecule has 6 N–H and O–H groups in total. The Morgan fingerprint density at radius 3 is 1.36 bits per heavy atom. The Morgan fingerprint density at radius 1 is 1.27 bits per heavy atom. The van der Waals surface area contributed by atoms with Gasteiger partial charge in [0.1, 0.15) is 0 Å². The van der Waals surface area contributed by atoms with Gasteiger partial charge in [-0.15, -0.1) is 13.2 Å². The molecular formula is C6H17AgN2O2. The number of carboxylic acids is 1. The molecule has 0 saturated heterocycles. The van der Waals surface area contributed by atoms with Crippen LogP contribution in [-0.2, 0) is 27.2 Å². The van der Waals surface area contributed by atoms with E-state index in [2.05, 4.69) is 13.2 Å². The van der Waals surface area contributed by atoms with E-state index in [9.17, 15) is 9.90 Å². The summed E-state index contributed by atoms with van der Waals surface area (Å²) in [7, 11) is 0. The fourth-order valence-electron chi connectivity index (χ4n) is 0. The third-order valence-corrected chi connectivity index (χ3v) is 0.471. The van der Waals surface area contributed by atoms with Crippen LogP contribution in [0.2, 0.25) is 0 Å².